The van der Waals surface area contributed by atoms with E-state index in [1.165, 1.54) is 19.3 Å². The van der Waals surface area contributed by atoms with Gasteiger partial charge in [0.05, 0.1) is 12.2 Å². The molecule has 0 radical (unpaired) electrons. The molecule has 25 heavy (non-hydrogen) atoms. The molecule has 1 aromatic rings. The van der Waals surface area contributed by atoms with Crippen molar-refractivity contribution >= 4 is 5.91 Å². The number of nitrogens with zero attached hydrogens (tertiary/aromatic N) is 2. The minimum Gasteiger partial charge on any atom is -0.493 e. The first-order valence-corrected chi connectivity index (χ1v) is 9.69. The number of amides is 1. The minimum absolute atomic E-state index is 0.0858. The summed E-state index contributed by atoms with van der Waals surface area (Å²) in [7, 11) is 0. The summed E-state index contributed by atoms with van der Waals surface area (Å²) in [6, 6.07) is 7.63. The second-order valence-corrected chi connectivity index (χ2v) is 6.68. The maximum Gasteiger partial charge on any atom is 0.257 e. The number of rotatable bonds is 10. The fraction of sp³-hybridized carbons (Fsp3) is 0.650. The van der Waals surface area contributed by atoms with E-state index in [-0.39, 0.29) is 5.91 Å². The molecule has 1 aliphatic heterocycles. The van der Waals surface area contributed by atoms with Gasteiger partial charge in [0.1, 0.15) is 5.75 Å². The number of nitrogens with two attached hydrogens (primary N) is 1. The normalized spacial score (nSPS) is 15.4. The third kappa shape index (κ3) is 6.33. The molecule has 0 aromatic heterocycles. The van der Waals surface area contributed by atoms with Crippen molar-refractivity contribution < 1.29 is 9.53 Å². The van der Waals surface area contributed by atoms with Crippen LogP contribution in [0.1, 0.15) is 49.4 Å². The first-order chi connectivity index (χ1) is 12.3. The highest BCUT2D eigenvalue weighted by atomic mass is 16.5. The van der Waals surface area contributed by atoms with Crippen molar-refractivity contribution in [3.63, 3.8) is 0 Å². The number of unbranched alkanes of at least 4 members (excludes halogenated alkanes) is 3. The lowest BCUT2D eigenvalue weighted by Crippen LogP contribution is -2.49. The van der Waals surface area contributed by atoms with Crippen molar-refractivity contribution in [2.45, 2.75) is 39.0 Å². The Kier molecular flexibility index (Phi) is 8.77. The zero-order chi connectivity index (χ0) is 17.9. The number of ether oxygens (including phenoxy) is 1. The zero-order valence-corrected chi connectivity index (χ0v) is 15.6. The quantitative estimate of drug-likeness (QED) is 0.661. The molecule has 1 amide bonds. The summed E-state index contributed by atoms with van der Waals surface area (Å²) in [6.07, 6.45) is 5.68. The first kappa shape index (κ1) is 19.7. The molecule has 140 valence electrons. The molecule has 2 N–H and O–H groups in total. The second-order valence-electron chi connectivity index (χ2n) is 6.68. The van der Waals surface area contributed by atoms with Gasteiger partial charge in [-0.25, -0.2) is 0 Å². The van der Waals surface area contributed by atoms with E-state index in [1.54, 1.807) is 0 Å². The fourth-order valence-electron chi connectivity index (χ4n) is 3.14. The SMILES string of the molecule is CCCCCCOc1ccccc1C(=O)N1CCN(CCCN)CC1. The Morgan fingerprint density at radius 1 is 1.08 bits per heavy atom. The van der Waals surface area contributed by atoms with Crippen LogP contribution in [0, 0.1) is 0 Å². The van der Waals surface area contributed by atoms with Crippen LogP contribution in [-0.2, 0) is 0 Å². The number of piperazine rings is 1. The standard InChI is InChI=1S/C20H33N3O2/c1-2-3-4-7-17-25-19-10-6-5-9-18(19)20(24)23-15-13-22(14-16-23)12-8-11-21/h5-6,9-10H,2-4,7-8,11-17,21H2,1H3. The number of para-hydroxylation sites is 1. The summed E-state index contributed by atoms with van der Waals surface area (Å²) in [4.78, 5) is 17.2. The van der Waals surface area contributed by atoms with Crippen LogP contribution >= 0.6 is 0 Å². The van der Waals surface area contributed by atoms with Crippen molar-refractivity contribution in [2.24, 2.45) is 5.73 Å². The average molecular weight is 348 g/mol. The van der Waals surface area contributed by atoms with Crippen LogP contribution in [0.5, 0.6) is 5.75 Å². The van der Waals surface area contributed by atoms with E-state index in [9.17, 15) is 4.79 Å². The van der Waals surface area contributed by atoms with Gasteiger partial charge in [-0.2, -0.15) is 0 Å². The number of hydrogen-bond acceptors (Lipinski definition) is 4. The van der Waals surface area contributed by atoms with Crippen LogP contribution < -0.4 is 10.5 Å². The predicted octanol–water partition coefficient (Wildman–Crippen LogP) is 2.75. The molecule has 1 saturated heterocycles. The molecule has 5 heteroatoms. The van der Waals surface area contributed by atoms with E-state index in [1.807, 2.05) is 29.2 Å². The Balaban J connectivity index is 1.87. The highest BCUT2D eigenvalue weighted by molar-refractivity contribution is 5.97. The van der Waals surface area contributed by atoms with Gasteiger partial charge < -0.3 is 15.4 Å². The lowest BCUT2D eigenvalue weighted by Gasteiger charge is -2.35. The van der Waals surface area contributed by atoms with E-state index in [0.717, 1.165) is 57.9 Å². The molecule has 1 aromatic carbocycles. The first-order valence-electron chi connectivity index (χ1n) is 9.69. The molecule has 1 fully saturated rings. The maximum atomic E-state index is 12.9. The average Bonchev–Trinajstić information content (AvgIpc) is 2.66. The van der Waals surface area contributed by atoms with Crippen molar-refractivity contribution in [3.8, 4) is 5.75 Å². The summed E-state index contributed by atoms with van der Waals surface area (Å²) < 4.78 is 5.90. The van der Waals surface area contributed by atoms with Gasteiger partial charge in [0.15, 0.2) is 0 Å². The summed E-state index contributed by atoms with van der Waals surface area (Å²) >= 11 is 0. The summed E-state index contributed by atoms with van der Waals surface area (Å²) in [6.45, 7) is 8.01. The summed E-state index contributed by atoms with van der Waals surface area (Å²) in [5.74, 6) is 0.803. The second kappa shape index (κ2) is 11.1. The highest BCUT2D eigenvalue weighted by Gasteiger charge is 2.23. The van der Waals surface area contributed by atoms with E-state index in [0.29, 0.717) is 12.2 Å². The number of carbonyl (C=O) groups excluding carboxylic acids is 1. The monoisotopic (exact) mass is 347 g/mol. The molecular formula is C20H33N3O2. The molecule has 0 aliphatic carbocycles. The molecular weight excluding hydrogens is 314 g/mol. The van der Waals surface area contributed by atoms with Gasteiger partial charge in [0.2, 0.25) is 0 Å². The van der Waals surface area contributed by atoms with E-state index < -0.39 is 0 Å². The molecule has 5 nitrogen and oxygen atoms in total. The van der Waals surface area contributed by atoms with Gasteiger partial charge in [-0.05, 0) is 38.1 Å². The Morgan fingerprint density at radius 3 is 2.56 bits per heavy atom. The van der Waals surface area contributed by atoms with Gasteiger partial charge in [0.25, 0.3) is 5.91 Å². The van der Waals surface area contributed by atoms with Gasteiger partial charge in [0, 0.05) is 26.2 Å². The van der Waals surface area contributed by atoms with Gasteiger partial charge in [-0.3, -0.25) is 9.69 Å². The fourth-order valence-corrected chi connectivity index (χ4v) is 3.14. The van der Waals surface area contributed by atoms with Crippen LogP contribution in [0.4, 0.5) is 0 Å². The van der Waals surface area contributed by atoms with Gasteiger partial charge in [-0.1, -0.05) is 38.3 Å². The Morgan fingerprint density at radius 2 is 1.84 bits per heavy atom. The minimum atomic E-state index is 0.0858. The van der Waals surface area contributed by atoms with Gasteiger partial charge >= 0.3 is 0 Å². The highest BCUT2D eigenvalue weighted by Crippen LogP contribution is 2.21. The molecule has 2 rings (SSSR count). The number of benzene rings is 1. The van der Waals surface area contributed by atoms with E-state index in [4.69, 9.17) is 10.5 Å². The van der Waals surface area contributed by atoms with Gasteiger partial charge in [-0.15, -0.1) is 0 Å². The van der Waals surface area contributed by atoms with Crippen LogP contribution in [0.15, 0.2) is 24.3 Å². The molecule has 0 unspecified atom stereocenters. The summed E-state index contributed by atoms with van der Waals surface area (Å²) in [5, 5.41) is 0. The third-order valence-electron chi connectivity index (χ3n) is 4.71. The van der Waals surface area contributed by atoms with Crippen LogP contribution in [0.3, 0.4) is 0 Å². The number of hydrogen-bond donors (Lipinski definition) is 1. The number of carbonyl (C=O) groups is 1. The Bertz CT molecular complexity index is 513. The van der Waals surface area contributed by atoms with Crippen molar-refractivity contribution in [1.29, 1.82) is 0 Å². The van der Waals surface area contributed by atoms with Crippen LogP contribution in [0.25, 0.3) is 0 Å². The van der Waals surface area contributed by atoms with Crippen LogP contribution in [0.2, 0.25) is 0 Å². The molecule has 1 heterocycles. The summed E-state index contributed by atoms with van der Waals surface area (Å²) in [5.41, 5.74) is 6.26. The third-order valence-corrected chi connectivity index (χ3v) is 4.71. The zero-order valence-electron chi connectivity index (χ0n) is 15.6. The van der Waals surface area contributed by atoms with Crippen molar-refractivity contribution in [2.75, 3.05) is 45.9 Å². The van der Waals surface area contributed by atoms with Crippen molar-refractivity contribution in [1.82, 2.24) is 9.80 Å². The lowest BCUT2D eigenvalue weighted by molar-refractivity contribution is 0.0632. The molecule has 0 bridgehead atoms. The van der Waals surface area contributed by atoms with Crippen LogP contribution in [-0.4, -0.2) is 61.6 Å². The molecule has 0 spiro atoms. The maximum absolute atomic E-state index is 12.9. The van der Waals surface area contributed by atoms with E-state index in [2.05, 4.69) is 11.8 Å². The largest absolute Gasteiger partial charge is 0.493 e. The lowest BCUT2D eigenvalue weighted by atomic mass is 10.1. The Hall–Kier alpha value is -1.59. The van der Waals surface area contributed by atoms with Crippen molar-refractivity contribution in [3.05, 3.63) is 29.8 Å². The molecule has 0 atom stereocenters. The molecule has 1 aliphatic rings. The van der Waals surface area contributed by atoms with E-state index >= 15 is 0 Å². The smallest absolute Gasteiger partial charge is 0.257 e. The molecule has 0 saturated carbocycles. The topological polar surface area (TPSA) is 58.8 Å². The predicted molar refractivity (Wildman–Crippen MR) is 102 cm³/mol. The Labute approximate surface area is 152 Å².